The van der Waals surface area contributed by atoms with Crippen molar-refractivity contribution in [2.24, 2.45) is 0 Å². The molecule has 1 saturated heterocycles. The average molecular weight is 442 g/mol. The van der Waals surface area contributed by atoms with E-state index in [1.807, 2.05) is 25.1 Å². The van der Waals surface area contributed by atoms with Gasteiger partial charge in [-0.3, -0.25) is 9.69 Å². The zero-order valence-electron chi connectivity index (χ0n) is 17.9. The van der Waals surface area contributed by atoms with Crippen molar-refractivity contribution in [3.8, 4) is 11.5 Å². The molecular formula is C24H28ClN3O3. The molecule has 3 aromatic rings. The van der Waals surface area contributed by atoms with E-state index in [2.05, 4.69) is 33.0 Å². The summed E-state index contributed by atoms with van der Waals surface area (Å²) in [6, 6.07) is 13.8. The molecule has 0 aliphatic carbocycles. The fourth-order valence-corrected chi connectivity index (χ4v) is 4.74. The number of halogens is 1. The summed E-state index contributed by atoms with van der Waals surface area (Å²) < 4.78 is 11.9. The number of H-pyrrole nitrogens is 1. The van der Waals surface area contributed by atoms with E-state index in [9.17, 15) is 4.79 Å². The highest BCUT2D eigenvalue weighted by Gasteiger charge is 2.29. The Kier molecular flexibility index (Phi) is 6.12. The second-order valence-electron chi connectivity index (χ2n) is 8.20. The Morgan fingerprint density at radius 1 is 1.13 bits per heavy atom. The lowest BCUT2D eigenvalue weighted by Gasteiger charge is -2.37. The average Bonchev–Trinajstić information content (AvgIpc) is 3.16. The highest BCUT2D eigenvalue weighted by molar-refractivity contribution is 5.89. The normalized spacial score (nSPS) is 18.4. The highest BCUT2D eigenvalue weighted by atomic mass is 35.5. The molecule has 6 nitrogen and oxygen atoms in total. The molecule has 0 bridgehead atoms. The van der Waals surface area contributed by atoms with Crippen molar-refractivity contribution in [1.82, 2.24) is 9.88 Å². The van der Waals surface area contributed by atoms with Gasteiger partial charge in [-0.05, 0) is 36.2 Å². The van der Waals surface area contributed by atoms with Crippen LogP contribution in [0.1, 0.15) is 11.1 Å². The van der Waals surface area contributed by atoms with Crippen LogP contribution in [-0.4, -0.2) is 55.8 Å². The monoisotopic (exact) mass is 441 g/mol. The van der Waals surface area contributed by atoms with Gasteiger partial charge in [-0.1, -0.05) is 18.2 Å². The molecule has 2 aromatic carbocycles. The molecule has 0 saturated carbocycles. The first-order valence-corrected chi connectivity index (χ1v) is 10.5. The maximum absolute atomic E-state index is 11.7. The first-order valence-electron chi connectivity index (χ1n) is 10.5. The number of aromatic nitrogens is 1. The van der Waals surface area contributed by atoms with Crippen molar-refractivity contribution in [3.05, 3.63) is 63.9 Å². The summed E-state index contributed by atoms with van der Waals surface area (Å²) in [6.45, 7) is 6.91. The van der Waals surface area contributed by atoms with E-state index in [0.717, 1.165) is 67.1 Å². The predicted molar refractivity (Wildman–Crippen MR) is 126 cm³/mol. The molecule has 0 amide bonds. The Morgan fingerprint density at radius 3 is 2.68 bits per heavy atom. The topological polar surface area (TPSA) is 57.8 Å². The lowest BCUT2D eigenvalue weighted by atomic mass is 10.0. The number of piperazine rings is 1. The third-order valence-corrected chi connectivity index (χ3v) is 6.23. The van der Waals surface area contributed by atoms with E-state index in [0.29, 0.717) is 0 Å². The Balaban J connectivity index is 0.00000231. The molecule has 2 aliphatic rings. The molecule has 0 radical (unpaired) electrons. The van der Waals surface area contributed by atoms with E-state index in [1.54, 1.807) is 13.2 Å². The van der Waals surface area contributed by atoms with E-state index in [4.69, 9.17) is 9.47 Å². The molecule has 1 aromatic heterocycles. The number of hydrogen-bond acceptors (Lipinski definition) is 5. The highest BCUT2D eigenvalue weighted by Crippen LogP contribution is 2.37. The van der Waals surface area contributed by atoms with Crippen LogP contribution in [0.25, 0.3) is 10.9 Å². The van der Waals surface area contributed by atoms with E-state index in [1.165, 1.54) is 11.3 Å². The summed E-state index contributed by atoms with van der Waals surface area (Å²) in [5, 5.41) is 1.01. The van der Waals surface area contributed by atoms with Gasteiger partial charge in [0.25, 0.3) is 0 Å². The fourth-order valence-electron chi connectivity index (χ4n) is 4.74. The van der Waals surface area contributed by atoms with Crippen molar-refractivity contribution in [3.63, 3.8) is 0 Å². The number of benzene rings is 2. The van der Waals surface area contributed by atoms with Crippen molar-refractivity contribution in [2.45, 2.75) is 19.4 Å². The third kappa shape index (κ3) is 4.10. The molecule has 5 rings (SSSR count). The number of ether oxygens (including phenoxy) is 2. The Hall–Kier alpha value is -2.70. The number of anilines is 1. The number of rotatable bonds is 4. The van der Waals surface area contributed by atoms with Gasteiger partial charge in [0.2, 0.25) is 5.56 Å². The fraction of sp³-hybridized carbons (Fsp3) is 0.375. The van der Waals surface area contributed by atoms with Crippen molar-refractivity contribution >= 4 is 29.0 Å². The first kappa shape index (κ1) is 21.5. The van der Waals surface area contributed by atoms with Crippen LogP contribution in [0.2, 0.25) is 0 Å². The summed E-state index contributed by atoms with van der Waals surface area (Å²) in [6.07, 6.45) is 1.06. The molecule has 1 atom stereocenters. The summed E-state index contributed by atoms with van der Waals surface area (Å²) in [4.78, 5) is 19.6. The van der Waals surface area contributed by atoms with Gasteiger partial charge in [0.1, 0.15) is 17.6 Å². The summed E-state index contributed by atoms with van der Waals surface area (Å²) in [5.74, 6) is 1.87. The summed E-state index contributed by atoms with van der Waals surface area (Å²) >= 11 is 0. The van der Waals surface area contributed by atoms with Crippen LogP contribution in [0.5, 0.6) is 11.5 Å². The second-order valence-corrected chi connectivity index (χ2v) is 8.20. The minimum atomic E-state index is -0.0759. The van der Waals surface area contributed by atoms with Gasteiger partial charge in [0.15, 0.2) is 0 Å². The number of para-hydroxylation sites is 2. The third-order valence-electron chi connectivity index (χ3n) is 6.23. The number of nitrogens with one attached hydrogen (secondary N) is 1. The second kappa shape index (κ2) is 8.81. The van der Waals surface area contributed by atoms with Crippen molar-refractivity contribution < 1.29 is 9.47 Å². The lowest BCUT2D eigenvalue weighted by Crippen LogP contribution is -2.49. The van der Waals surface area contributed by atoms with Crippen LogP contribution in [0.3, 0.4) is 0 Å². The molecule has 3 heterocycles. The SMILES string of the molecule is COc1ccccc1N1CCN(CC2Cc3cc(C)c4[nH]c(=O)ccc4c3O2)CC1.Cl. The number of pyridine rings is 1. The lowest BCUT2D eigenvalue weighted by molar-refractivity contribution is 0.146. The van der Waals surface area contributed by atoms with Crippen molar-refractivity contribution in [2.75, 3.05) is 44.7 Å². The van der Waals surface area contributed by atoms with E-state index < -0.39 is 0 Å². The molecule has 0 spiro atoms. The maximum atomic E-state index is 11.7. The number of fused-ring (bicyclic) bond motifs is 3. The van der Waals surface area contributed by atoms with Gasteiger partial charge >= 0.3 is 0 Å². The largest absolute Gasteiger partial charge is 0.495 e. The standard InChI is InChI=1S/C24H27N3O3.ClH/c1-16-13-17-14-18(30-24(17)19-7-8-22(28)25-23(16)19)15-26-9-11-27(12-10-26)20-5-3-4-6-21(20)29-2;/h3-8,13,18H,9-12,14-15H2,1-2H3,(H,25,28);1H. The Bertz CT molecular complexity index is 1140. The minimum Gasteiger partial charge on any atom is -0.495 e. The van der Waals surface area contributed by atoms with Gasteiger partial charge in [-0.25, -0.2) is 0 Å². The minimum absolute atomic E-state index is 0. The zero-order valence-corrected chi connectivity index (χ0v) is 18.7. The number of hydrogen-bond donors (Lipinski definition) is 1. The van der Waals surface area contributed by atoms with Crippen LogP contribution in [0.15, 0.2) is 47.3 Å². The van der Waals surface area contributed by atoms with Crippen LogP contribution >= 0.6 is 12.4 Å². The van der Waals surface area contributed by atoms with Gasteiger partial charge in [-0.15, -0.1) is 12.4 Å². The number of methoxy groups -OCH3 is 1. The Labute approximate surface area is 188 Å². The Morgan fingerprint density at radius 2 is 1.90 bits per heavy atom. The van der Waals surface area contributed by atoms with Gasteiger partial charge < -0.3 is 19.4 Å². The van der Waals surface area contributed by atoms with Crippen LogP contribution in [-0.2, 0) is 6.42 Å². The molecule has 1 N–H and O–H groups in total. The molecule has 1 unspecified atom stereocenters. The van der Waals surface area contributed by atoms with Gasteiger partial charge in [-0.2, -0.15) is 0 Å². The molecule has 1 fully saturated rings. The predicted octanol–water partition coefficient (Wildman–Crippen LogP) is 3.39. The molecule has 7 heteroatoms. The van der Waals surface area contributed by atoms with Crippen LogP contribution < -0.4 is 19.9 Å². The molecule has 164 valence electrons. The number of nitrogens with zero attached hydrogens (tertiary/aromatic N) is 2. The number of aromatic amines is 1. The zero-order chi connectivity index (χ0) is 20.7. The number of aryl methyl sites for hydroxylation is 1. The van der Waals surface area contributed by atoms with E-state index >= 15 is 0 Å². The van der Waals surface area contributed by atoms with Crippen LogP contribution in [0.4, 0.5) is 5.69 Å². The van der Waals surface area contributed by atoms with Crippen molar-refractivity contribution in [1.29, 1.82) is 0 Å². The van der Waals surface area contributed by atoms with Gasteiger partial charge in [0, 0.05) is 50.6 Å². The van der Waals surface area contributed by atoms with Gasteiger partial charge in [0.05, 0.1) is 18.3 Å². The first-order chi connectivity index (χ1) is 14.6. The summed E-state index contributed by atoms with van der Waals surface area (Å²) in [7, 11) is 1.73. The van der Waals surface area contributed by atoms with E-state index in [-0.39, 0.29) is 24.1 Å². The smallest absolute Gasteiger partial charge is 0.248 e. The molecular weight excluding hydrogens is 414 g/mol. The molecule has 2 aliphatic heterocycles. The maximum Gasteiger partial charge on any atom is 0.248 e. The van der Waals surface area contributed by atoms with Crippen LogP contribution in [0, 0.1) is 6.92 Å². The molecule has 31 heavy (non-hydrogen) atoms. The quantitative estimate of drug-likeness (QED) is 0.672. The summed E-state index contributed by atoms with van der Waals surface area (Å²) in [5.41, 5.74) is 4.31.